The Balaban J connectivity index is 0.000000500. The molecule has 0 bridgehead atoms. The number of thiophene rings is 1. The largest absolute Gasteiger partial charge is 0.144 e. The Hall–Kier alpha value is -0.603. The molecular weight excluding hydrogens is 156 g/mol. The van der Waals surface area contributed by atoms with E-state index in [1.54, 1.807) is 11.3 Å². The molecule has 0 aliphatic rings. The van der Waals surface area contributed by atoms with Crippen LogP contribution in [0.1, 0.15) is 0 Å². The lowest BCUT2D eigenvalue weighted by atomic mass is 10.3. The number of hydrogen-bond donors (Lipinski definition) is 0. The van der Waals surface area contributed by atoms with Crippen molar-refractivity contribution in [3.63, 3.8) is 0 Å². The molecule has 1 aromatic heterocycles. The standard InChI is InChI=1S/C8H6S.H4Si/c1-2-4-8-7(3-1)5-6-9-8;/h1-6H;1H4. The molecule has 0 aliphatic heterocycles. The molecule has 0 N–H and O–H groups in total. The van der Waals surface area contributed by atoms with Gasteiger partial charge in [0, 0.05) is 4.70 Å². The second kappa shape index (κ2) is 2.99. The lowest BCUT2D eigenvalue weighted by molar-refractivity contribution is 1.86. The van der Waals surface area contributed by atoms with Crippen LogP contribution >= 0.6 is 11.3 Å². The van der Waals surface area contributed by atoms with Gasteiger partial charge in [-0.05, 0) is 33.9 Å². The van der Waals surface area contributed by atoms with Crippen molar-refractivity contribution in [1.29, 1.82) is 0 Å². The first kappa shape index (κ1) is 7.50. The smallest absolute Gasteiger partial charge is 0.0342 e. The number of benzene rings is 1. The minimum atomic E-state index is 0. The zero-order valence-electron chi connectivity index (χ0n) is 4.87. The Morgan fingerprint density at radius 1 is 1.00 bits per heavy atom. The van der Waals surface area contributed by atoms with Gasteiger partial charge in [-0.15, -0.1) is 11.3 Å². The van der Waals surface area contributed by atoms with Crippen LogP contribution in [0.2, 0.25) is 0 Å². The van der Waals surface area contributed by atoms with Crippen LogP contribution in [0.25, 0.3) is 10.1 Å². The average Bonchev–Trinajstić information content (AvgIpc) is 2.33. The molecular formula is C8H10SSi. The summed E-state index contributed by atoms with van der Waals surface area (Å²) in [5.74, 6) is 0. The summed E-state index contributed by atoms with van der Waals surface area (Å²) in [5.41, 5.74) is 0. The molecule has 0 nitrogen and oxygen atoms in total. The summed E-state index contributed by atoms with van der Waals surface area (Å²) in [5, 5.41) is 3.47. The summed E-state index contributed by atoms with van der Waals surface area (Å²) in [6.45, 7) is 0. The molecule has 2 rings (SSSR count). The fourth-order valence-electron chi connectivity index (χ4n) is 0.906. The number of rotatable bonds is 0. The normalized spacial score (nSPS) is 9.20. The van der Waals surface area contributed by atoms with Gasteiger partial charge < -0.3 is 0 Å². The highest BCUT2D eigenvalue weighted by Crippen LogP contribution is 2.18. The molecule has 1 aromatic carbocycles. The van der Waals surface area contributed by atoms with E-state index in [-0.39, 0.29) is 11.0 Å². The summed E-state index contributed by atoms with van der Waals surface area (Å²) in [4.78, 5) is 0. The van der Waals surface area contributed by atoms with Crippen LogP contribution in [0, 0.1) is 0 Å². The van der Waals surface area contributed by atoms with Gasteiger partial charge in [0.2, 0.25) is 0 Å². The van der Waals surface area contributed by atoms with Crippen LogP contribution in [-0.4, -0.2) is 11.0 Å². The molecule has 0 spiro atoms. The van der Waals surface area contributed by atoms with Crippen molar-refractivity contribution >= 4 is 32.4 Å². The van der Waals surface area contributed by atoms with Crippen LogP contribution in [0.3, 0.4) is 0 Å². The van der Waals surface area contributed by atoms with E-state index >= 15 is 0 Å². The van der Waals surface area contributed by atoms with Gasteiger partial charge in [0.25, 0.3) is 0 Å². The Labute approximate surface area is 68.5 Å². The predicted octanol–water partition coefficient (Wildman–Crippen LogP) is 1.45. The van der Waals surface area contributed by atoms with Gasteiger partial charge in [-0.2, -0.15) is 0 Å². The summed E-state index contributed by atoms with van der Waals surface area (Å²) >= 11 is 1.79. The van der Waals surface area contributed by atoms with E-state index < -0.39 is 0 Å². The summed E-state index contributed by atoms with van der Waals surface area (Å²) in [6, 6.07) is 10.5. The van der Waals surface area contributed by atoms with E-state index in [1.165, 1.54) is 10.1 Å². The lowest BCUT2D eigenvalue weighted by Gasteiger charge is -1.82. The molecule has 2 heteroatoms. The first-order valence-electron chi connectivity index (χ1n) is 2.89. The van der Waals surface area contributed by atoms with Crippen molar-refractivity contribution in [1.82, 2.24) is 0 Å². The fourth-order valence-corrected chi connectivity index (χ4v) is 1.70. The number of fused-ring (bicyclic) bond motifs is 1. The van der Waals surface area contributed by atoms with Gasteiger partial charge >= 0.3 is 0 Å². The third-order valence-electron chi connectivity index (χ3n) is 1.36. The third kappa shape index (κ3) is 1.13. The molecule has 0 saturated heterocycles. The molecule has 52 valence electrons. The third-order valence-corrected chi connectivity index (χ3v) is 2.26. The van der Waals surface area contributed by atoms with Gasteiger partial charge in [-0.1, -0.05) is 18.2 Å². The second-order valence-electron chi connectivity index (χ2n) is 1.96. The van der Waals surface area contributed by atoms with Gasteiger partial charge in [0.1, 0.15) is 0 Å². The summed E-state index contributed by atoms with van der Waals surface area (Å²) < 4.78 is 1.37. The Morgan fingerprint density at radius 3 is 2.60 bits per heavy atom. The highest BCUT2D eigenvalue weighted by molar-refractivity contribution is 7.17. The summed E-state index contributed by atoms with van der Waals surface area (Å²) in [6.07, 6.45) is 0. The SMILES string of the molecule is [SiH4].c1ccc2sccc2c1. The maximum Gasteiger partial charge on any atom is 0.0342 e. The quantitative estimate of drug-likeness (QED) is 0.520. The zero-order valence-corrected chi connectivity index (χ0v) is 5.69. The lowest BCUT2D eigenvalue weighted by Crippen LogP contribution is -1.56. The molecule has 1 heterocycles. The van der Waals surface area contributed by atoms with Crippen LogP contribution in [0.4, 0.5) is 0 Å². The number of hydrogen-bond acceptors (Lipinski definition) is 1. The van der Waals surface area contributed by atoms with Crippen molar-refractivity contribution in [3.05, 3.63) is 35.7 Å². The van der Waals surface area contributed by atoms with E-state index in [4.69, 9.17) is 0 Å². The maximum absolute atomic E-state index is 2.14. The average molecular weight is 166 g/mol. The van der Waals surface area contributed by atoms with Crippen molar-refractivity contribution < 1.29 is 0 Å². The van der Waals surface area contributed by atoms with Crippen LogP contribution in [0.15, 0.2) is 35.7 Å². The minimum absolute atomic E-state index is 0. The van der Waals surface area contributed by atoms with E-state index in [0.717, 1.165) is 0 Å². The monoisotopic (exact) mass is 166 g/mol. The van der Waals surface area contributed by atoms with Gasteiger partial charge in [-0.3, -0.25) is 0 Å². The van der Waals surface area contributed by atoms with E-state index in [1.807, 2.05) is 0 Å². The topological polar surface area (TPSA) is 0 Å². The Bertz CT molecular complexity index is 283. The molecule has 0 unspecified atom stereocenters. The van der Waals surface area contributed by atoms with Crippen molar-refractivity contribution in [3.8, 4) is 0 Å². The Kier molecular flexibility index (Phi) is 2.24. The molecule has 0 atom stereocenters. The molecule has 0 radical (unpaired) electrons. The van der Waals surface area contributed by atoms with Crippen molar-refractivity contribution in [2.24, 2.45) is 0 Å². The van der Waals surface area contributed by atoms with E-state index in [0.29, 0.717) is 0 Å². The van der Waals surface area contributed by atoms with E-state index in [2.05, 4.69) is 35.7 Å². The van der Waals surface area contributed by atoms with Crippen molar-refractivity contribution in [2.75, 3.05) is 0 Å². The molecule has 2 aromatic rings. The zero-order chi connectivity index (χ0) is 6.10. The van der Waals surface area contributed by atoms with Gasteiger partial charge in [0.15, 0.2) is 0 Å². The minimum Gasteiger partial charge on any atom is -0.144 e. The first-order chi connectivity index (χ1) is 4.47. The molecule has 0 saturated carbocycles. The van der Waals surface area contributed by atoms with E-state index in [9.17, 15) is 0 Å². The van der Waals surface area contributed by atoms with Crippen LogP contribution in [0.5, 0.6) is 0 Å². The summed E-state index contributed by atoms with van der Waals surface area (Å²) in [7, 11) is 0. The van der Waals surface area contributed by atoms with Crippen LogP contribution in [-0.2, 0) is 0 Å². The first-order valence-corrected chi connectivity index (χ1v) is 3.77. The maximum atomic E-state index is 2.14. The molecule has 0 amide bonds. The highest BCUT2D eigenvalue weighted by atomic mass is 32.1. The fraction of sp³-hybridized carbons (Fsp3) is 0. The van der Waals surface area contributed by atoms with Gasteiger partial charge in [-0.25, -0.2) is 0 Å². The Morgan fingerprint density at radius 2 is 1.80 bits per heavy atom. The molecule has 0 fully saturated rings. The van der Waals surface area contributed by atoms with Crippen molar-refractivity contribution in [2.45, 2.75) is 0 Å². The van der Waals surface area contributed by atoms with Crippen LogP contribution < -0.4 is 0 Å². The highest BCUT2D eigenvalue weighted by Gasteiger charge is 1.87. The van der Waals surface area contributed by atoms with Gasteiger partial charge in [0.05, 0.1) is 0 Å². The molecule has 0 aliphatic carbocycles. The molecule has 10 heavy (non-hydrogen) atoms. The second-order valence-corrected chi connectivity index (χ2v) is 2.91. The predicted molar refractivity (Wildman–Crippen MR) is 53.2 cm³/mol.